The Hall–Kier alpha value is -1.83. The minimum atomic E-state index is -1.45. The second-order valence-corrected chi connectivity index (χ2v) is 6.85. The number of anilines is 1. The topological polar surface area (TPSA) is 92.5 Å². The molecule has 2 rings (SSSR count). The lowest BCUT2D eigenvalue weighted by molar-refractivity contribution is -0.384. The van der Waals surface area contributed by atoms with Crippen molar-refractivity contribution in [2.24, 2.45) is 0 Å². The minimum absolute atomic E-state index is 0.0347. The van der Waals surface area contributed by atoms with Gasteiger partial charge in [0.25, 0.3) is 5.69 Å². The largest absolute Gasteiger partial charge is 0.478 e. The molecule has 8 heteroatoms. The van der Waals surface area contributed by atoms with E-state index in [1.54, 1.807) is 11.8 Å². The van der Waals surface area contributed by atoms with Crippen molar-refractivity contribution in [2.45, 2.75) is 24.5 Å². The Labute approximate surface area is 124 Å². The van der Waals surface area contributed by atoms with Gasteiger partial charge in [-0.1, -0.05) is 0 Å². The fraction of sp³-hybridized carbons (Fsp3) is 0.462. The number of nitrogens with one attached hydrogen (secondary N) is 1. The van der Waals surface area contributed by atoms with Crippen LogP contribution in [0.5, 0.6) is 0 Å². The standard InChI is InChI=1S/C13H15FN2O4S/c1-13(3-2-4-21-13)7-15-10-5-8(12(17)18)9(14)6-11(10)16(19)20/h5-6,15H,2-4,7H2,1H3,(H,17,18). The number of nitrogens with zero attached hydrogens (tertiary/aromatic N) is 1. The predicted molar refractivity (Wildman–Crippen MR) is 78.6 cm³/mol. The quantitative estimate of drug-likeness (QED) is 0.641. The summed E-state index contributed by atoms with van der Waals surface area (Å²) in [5.41, 5.74) is -0.996. The van der Waals surface area contributed by atoms with Gasteiger partial charge in [-0.25, -0.2) is 9.18 Å². The van der Waals surface area contributed by atoms with Crippen LogP contribution in [-0.2, 0) is 0 Å². The van der Waals surface area contributed by atoms with Crippen molar-refractivity contribution in [1.29, 1.82) is 0 Å². The molecule has 21 heavy (non-hydrogen) atoms. The molecule has 114 valence electrons. The van der Waals surface area contributed by atoms with Gasteiger partial charge in [0.1, 0.15) is 11.5 Å². The molecular formula is C13H15FN2O4S. The maximum absolute atomic E-state index is 13.5. The number of hydrogen-bond acceptors (Lipinski definition) is 5. The zero-order chi connectivity index (χ0) is 15.6. The molecule has 1 atom stereocenters. The molecule has 1 aliphatic rings. The van der Waals surface area contributed by atoms with Crippen LogP contribution in [0.25, 0.3) is 0 Å². The van der Waals surface area contributed by atoms with Crippen LogP contribution >= 0.6 is 11.8 Å². The average Bonchev–Trinajstić information content (AvgIpc) is 2.83. The number of thioether (sulfide) groups is 1. The first kappa shape index (κ1) is 15.6. The highest BCUT2D eigenvalue weighted by Gasteiger charge is 2.30. The summed E-state index contributed by atoms with van der Waals surface area (Å²) in [6, 6.07) is 1.63. The summed E-state index contributed by atoms with van der Waals surface area (Å²) in [6.45, 7) is 2.51. The fourth-order valence-corrected chi connectivity index (χ4v) is 3.52. The summed E-state index contributed by atoms with van der Waals surface area (Å²) in [7, 11) is 0. The molecular weight excluding hydrogens is 299 g/mol. The van der Waals surface area contributed by atoms with E-state index in [2.05, 4.69) is 5.32 Å². The molecule has 1 aromatic rings. The number of carbonyl (C=O) groups is 1. The Kier molecular flexibility index (Phi) is 4.36. The van der Waals surface area contributed by atoms with Gasteiger partial charge in [-0.2, -0.15) is 11.8 Å². The van der Waals surface area contributed by atoms with Crippen LogP contribution in [0.3, 0.4) is 0 Å². The molecule has 0 bridgehead atoms. The van der Waals surface area contributed by atoms with Gasteiger partial charge in [0.2, 0.25) is 0 Å². The number of carboxylic acids is 1. The first-order chi connectivity index (χ1) is 9.82. The van der Waals surface area contributed by atoms with Gasteiger partial charge in [0.05, 0.1) is 16.6 Å². The van der Waals surface area contributed by atoms with Crippen LogP contribution in [0.15, 0.2) is 12.1 Å². The van der Waals surface area contributed by atoms with E-state index in [0.717, 1.165) is 24.7 Å². The summed E-state index contributed by atoms with van der Waals surface area (Å²) in [5, 5.41) is 22.8. The van der Waals surface area contributed by atoms with Crippen LogP contribution in [0.4, 0.5) is 15.8 Å². The number of nitro benzene ring substituents is 1. The molecule has 0 radical (unpaired) electrons. The van der Waals surface area contributed by atoms with Gasteiger partial charge >= 0.3 is 5.97 Å². The van der Waals surface area contributed by atoms with Crippen LogP contribution < -0.4 is 5.32 Å². The number of carboxylic acid groups (broad SMARTS) is 1. The zero-order valence-corrected chi connectivity index (χ0v) is 12.2. The predicted octanol–water partition coefficient (Wildman–Crippen LogP) is 3.13. The lowest BCUT2D eigenvalue weighted by atomic mass is 10.1. The highest BCUT2D eigenvalue weighted by atomic mass is 32.2. The molecule has 0 aromatic heterocycles. The van der Waals surface area contributed by atoms with E-state index >= 15 is 0 Å². The monoisotopic (exact) mass is 314 g/mol. The lowest BCUT2D eigenvalue weighted by Crippen LogP contribution is -2.27. The summed E-state index contributed by atoms with van der Waals surface area (Å²) in [5.74, 6) is -1.53. The van der Waals surface area contributed by atoms with Crippen LogP contribution in [0.1, 0.15) is 30.1 Å². The highest BCUT2D eigenvalue weighted by Crippen LogP contribution is 2.38. The van der Waals surface area contributed by atoms with E-state index in [1.807, 2.05) is 6.92 Å². The molecule has 1 aliphatic heterocycles. The number of nitro groups is 1. The number of hydrogen-bond donors (Lipinski definition) is 2. The number of rotatable bonds is 5. The SMILES string of the molecule is CC1(CNc2cc(C(=O)O)c(F)cc2[N+](=O)[O-])CCCS1. The lowest BCUT2D eigenvalue weighted by Gasteiger charge is -2.23. The molecule has 1 unspecified atom stereocenters. The van der Waals surface area contributed by atoms with E-state index in [4.69, 9.17) is 5.11 Å². The third kappa shape index (κ3) is 3.44. The van der Waals surface area contributed by atoms with Crippen molar-refractivity contribution < 1.29 is 19.2 Å². The Morgan fingerprint density at radius 2 is 2.33 bits per heavy atom. The van der Waals surface area contributed by atoms with E-state index < -0.39 is 28.0 Å². The molecule has 2 N–H and O–H groups in total. The second kappa shape index (κ2) is 5.88. The molecule has 1 saturated heterocycles. The molecule has 0 spiro atoms. The maximum Gasteiger partial charge on any atom is 0.338 e. The smallest absolute Gasteiger partial charge is 0.338 e. The Bertz CT molecular complexity index is 588. The van der Waals surface area contributed by atoms with E-state index in [9.17, 15) is 19.3 Å². The average molecular weight is 314 g/mol. The molecule has 1 heterocycles. The number of benzene rings is 1. The molecule has 0 saturated carbocycles. The first-order valence-electron chi connectivity index (χ1n) is 6.41. The maximum atomic E-state index is 13.5. The summed E-state index contributed by atoms with van der Waals surface area (Å²) in [6.07, 6.45) is 2.06. The molecule has 1 fully saturated rings. The number of aromatic carboxylic acids is 1. The van der Waals surface area contributed by atoms with Crippen LogP contribution in [0, 0.1) is 15.9 Å². The van der Waals surface area contributed by atoms with Gasteiger partial charge in [-0.05, 0) is 31.6 Å². The van der Waals surface area contributed by atoms with Crippen molar-refractivity contribution in [2.75, 3.05) is 17.6 Å². The molecule has 1 aromatic carbocycles. The van der Waals surface area contributed by atoms with E-state index in [0.29, 0.717) is 12.6 Å². The second-order valence-electron chi connectivity index (χ2n) is 5.17. The third-order valence-electron chi connectivity index (χ3n) is 3.47. The van der Waals surface area contributed by atoms with Gasteiger partial charge in [-0.3, -0.25) is 10.1 Å². The molecule has 0 amide bonds. The van der Waals surface area contributed by atoms with Crippen molar-refractivity contribution in [3.05, 3.63) is 33.6 Å². The number of halogens is 1. The van der Waals surface area contributed by atoms with E-state index in [-0.39, 0.29) is 10.4 Å². The zero-order valence-electron chi connectivity index (χ0n) is 11.4. The van der Waals surface area contributed by atoms with Gasteiger partial charge in [0.15, 0.2) is 0 Å². The first-order valence-corrected chi connectivity index (χ1v) is 7.40. The normalized spacial score (nSPS) is 21.2. The van der Waals surface area contributed by atoms with Gasteiger partial charge in [-0.15, -0.1) is 0 Å². The summed E-state index contributed by atoms with van der Waals surface area (Å²) in [4.78, 5) is 21.2. The van der Waals surface area contributed by atoms with Crippen molar-refractivity contribution >= 4 is 29.1 Å². The van der Waals surface area contributed by atoms with Crippen molar-refractivity contribution in [3.63, 3.8) is 0 Å². The molecule has 6 nitrogen and oxygen atoms in total. The van der Waals surface area contributed by atoms with E-state index in [1.165, 1.54) is 0 Å². The molecule has 0 aliphatic carbocycles. The summed E-state index contributed by atoms with van der Waals surface area (Å²) < 4.78 is 13.5. The Balaban J connectivity index is 2.29. The van der Waals surface area contributed by atoms with Crippen molar-refractivity contribution in [3.8, 4) is 0 Å². The van der Waals surface area contributed by atoms with Crippen LogP contribution in [0.2, 0.25) is 0 Å². The van der Waals surface area contributed by atoms with Gasteiger partial charge in [0, 0.05) is 11.3 Å². The van der Waals surface area contributed by atoms with Gasteiger partial charge < -0.3 is 10.4 Å². The van der Waals surface area contributed by atoms with Crippen molar-refractivity contribution in [1.82, 2.24) is 0 Å². The fourth-order valence-electron chi connectivity index (χ4n) is 2.28. The minimum Gasteiger partial charge on any atom is -0.478 e. The third-order valence-corrected chi connectivity index (χ3v) is 5.00. The Morgan fingerprint density at radius 3 is 2.86 bits per heavy atom. The van der Waals surface area contributed by atoms with Crippen LogP contribution in [-0.4, -0.2) is 33.0 Å². The Morgan fingerprint density at radius 1 is 1.62 bits per heavy atom. The highest BCUT2D eigenvalue weighted by molar-refractivity contribution is 8.00. The summed E-state index contributed by atoms with van der Waals surface area (Å²) >= 11 is 1.77.